The number of ether oxygens (including phenoxy) is 1. The molecule has 0 radical (unpaired) electrons. The molecule has 0 amide bonds. The van der Waals surface area contributed by atoms with Crippen LogP contribution in [0.2, 0.25) is 0 Å². The smallest absolute Gasteiger partial charge is 0.263 e. The monoisotopic (exact) mass is 371 g/mol. The highest BCUT2D eigenvalue weighted by molar-refractivity contribution is 9.10. The Balaban J connectivity index is 2.24. The van der Waals surface area contributed by atoms with Crippen molar-refractivity contribution in [1.82, 2.24) is 4.98 Å². The first-order valence-electron chi connectivity index (χ1n) is 6.09. The topological polar surface area (TPSA) is 94.3 Å². The minimum atomic E-state index is -3.76. The Morgan fingerprint density at radius 1 is 1.33 bits per heavy atom. The van der Waals surface area contributed by atoms with Crippen LogP contribution >= 0.6 is 15.9 Å². The molecule has 6 nitrogen and oxygen atoms in total. The highest BCUT2D eigenvalue weighted by Crippen LogP contribution is 2.25. The Labute approximate surface area is 131 Å². The van der Waals surface area contributed by atoms with E-state index in [4.69, 9.17) is 10.5 Å². The fraction of sp³-hybridized carbons (Fsp3) is 0.154. The molecule has 1 aromatic carbocycles. The fourth-order valence-electron chi connectivity index (χ4n) is 1.65. The van der Waals surface area contributed by atoms with Gasteiger partial charge < -0.3 is 10.5 Å². The van der Waals surface area contributed by atoms with E-state index in [2.05, 4.69) is 25.6 Å². The van der Waals surface area contributed by atoms with Crippen molar-refractivity contribution >= 4 is 37.3 Å². The van der Waals surface area contributed by atoms with Gasteiger partial charge in [0.15, 0.2) is 0 Å². The van der Waals surface area contributed by atoms with E-state index in [0.29, 0.717) is 22.6 Å². The molecule has 0 spiro atoms. The van der Waals surface area contributed by atoms with Crippen molar-refractivity contribution in [3.63, 3.8) is 0 Å². The summed E-state index contributed by atoms with van der Waals surface area (Å²) in [4.78, 5) is 4.01. The molecule has 112 valence electrons. The molecule has 8 heteroatoms. The molecular formula is C13H14BrN3O3S. The van der Waals surface area contributed by atoms with Gasteiger partial charge >= 0.3 is 0 Å². The van der Waals surface area contributed by atoms with E-state index in [1.165, 1.54) is 18.3 Å². The predicted octanol–water partition coefficient (Wildman–Crippen LogP) is 2.63. The van der Waals surface area contributed by atoms with Crippen molar-refractivity contribution in [2.24, 2.45) is 0 Å². The maximum Gasteiger partial charge on any atom is 0.263 e. The van der Waals surface area contributed by atoms with Gasteiger partial charge in [-0.3, -0.25) is 4.72 Å². The normalized spacial score (nSPS) is 11.1. The number of benzene rings is 1. The molecule has 0 unspecified atom stereocenters. The van der Waals surface area contributed by atoms with Crippen LogP contribution in [0.15, 0.2) is 45.9 Å². The summed E-state index contributed by atoms with van der Waals surface area (Å²) >= 11 is 3.23. The molecule has 21 heavy (non-hydrogen) atoms. The lowest BCUT2D eigenvalue weighted by Gasteiger charge is -2.10. The number of nitrogens with zero attached hydrogens (tertiary/aromatic N) is 1. The molecule has 0 aliphatic rings. The van der Waals surface area contributed by atoms with Gasteiger partial charge in [0.2, 0.25) is 5.88 Å². The molecular weight excluding hydrogens is 358 g/mol. The zero-order valence-electron chi connectivity index (χ0n) is 11.2. The Morgan fingerprint density at radius 3 is 2.67 bits per heavy atom. The van der Waals surface area contributed by atoms with Crippen molar-refractivity contribution < 1.29 is 13.2 Å². The average molecular weight is 372 g/mol. The largest absolute Gasteiger partial charge is 0.478 e. The van der Waals surface area contributed by atoms with Crippen LogP contribution in [0.5, 0.6) is 5.88 Å². The Kier molecular flexibility index (Phi) is 4.69. The molecule has 0 atom stereocenters. The number of nitrogens with one attached hydrogen (secondary N) is 1. The van der Waals surface area contributed by atoms with Gasteiger partial charge in [-0.1, -0.05) is 15.9 Å². The zero-order valence-corrected chi connectivity index (χ0v) is 13.6. The quantitative estimate of drug-likeness (QED) is 0.787. The van der Waals surface area contributed by atoms with Gasteiger partial charge in [0.05, 0.1) is 24.2 Å². The molecule has 0 saturated carbocycles. The third kappa shape index (κ3) is 3.85. The van der Waals surface area contributed by atoms with E-state index in [9.17, 15) is 8.42 Å². The number of halogens is 1. The van der Waals surface area contributed by atoms with Gasteiger partial charge in [0, 0.05) is 10.5 Å². The average Bonchev–Trinajstić information content (AvgIpc) is 2.40. The molecule has 0 fully saturated rings. The fourth-order valence-corrected chi connectivity index (χ4v) is 3.18. The Hall–Kier alpha value is -1.80. The molecule has 2 rings (SSSR count). The van der Waals surface area contributed by atoms with E-state index >= 15 is 0 Å². The van der Waals surface area contributed by atoms with E-state index < -0.39 is 10.0 Å². The first-order valence-corrected chi connectivity index (χ1v) is 8.36. The van der Waals surface area contributed by atoms with Gasteiger partial charge in [-0.15, -0.1) is 0 Å². The lowest BCUT2D eigenvalue weighted by Crippen LogP contribution is -2.15. The van der Waals surface area contributed by atoms with Crippen LogP contribution in [0.1, 0.15) is 6.92 Å². The molecule has 3 N–H and O–H groups in total. The summed E-state index contributed by atoms with van der Waals surface area (Å²) in [5, 5.41) is 0. The molecule has 1 heterocycles. The predicted molar refractivity (Wildman–Crippen MR) is 84.8 cm³/mol. The number of pyridine rings is 1. The van der Waals surface area contributed by atoms with Crippen molar-refractivity contribution in [3.8, 4) is 5.88 Å². The lowest BCUT2D eigenvalue weighted by molar-refractivity contribution is 0.327. The zero-order chi connectivity index (χ0) is 15.5. The number of nitrogens with two attached hydrogens (primary N) is 1. The number of anilines is 2. The van der Waals surface area contributed by atoms with Crippen molar-refractivity contribution in [3.05, 3.63) is 41.0 Å². The second-order valence-electron chi connectivity index (χ2n) is 4.11. The van der Waals surface area contributed by atoms with Crippen molar-refractivity contribution in [2.75, 3.05) is 17.1 Å². The van der Waals surface area contributed by atoms with E-state index in [0.717, 1.165) is 0 Å². The van der Waals surface area contributed by atoms with Gasteiger partial charge in [-0.2, -0.15) is 0 Å². The molecule has 0 aliphatic carbocycles. The number of sulfonamides is 1. The summed E-state index contributed by atoms with van der Waals surface area (Å²) in [6.45, 7) is 2.34. The van der Waals surface area contributed by atoms with Gasteiger partial charge in [-0.25, -0.2) is 13.4 Å². The lowest BCUT2D eigenvalue weighted by atomic mass is 10.3. The minimum Gasteiger partial charge on any atom is -0.478 e. The van der Waals surface area contributed by atoms with E-state index in [1.807, 2.05) is 6.92 Å². The molecule has 0 bridgehead atoms. The molecule has 2 aromatic rings. The van der Waals surface area contributed by atoms with Crippen molar-refractivity contribution in [1.29, 1.82) is 0 Å². The van der Waals surface area contributed by atoms with E-state index in [-0.39, 0.29) is 10.6 Å². The summed E-state index contributed by atoms with van der Waals surface area (Å²) in [6.07, 6.45) is 1.39. The molecule has 0 aliphatic heterocycles. The summed E-state index contributed by atoms with van der Waals surface area (Å²) in [6, 6.07) is 7.74. The van der Waals surface area contributed by atoms with Crippen LogP contribution in [0.4, 0.5) is 11.4 Å². The number of hydrogen-bond acceptors (Lipinski definition) is 5. The Bertz CT molecular complexity index is 733. The van der Waals surface area contributed by atoms with Crippen LogP contribution in [0, 0.1) is 0 Å². The maximum atomic E-state index is 12.3. The minimum absolute atomic E-state index is 0.0135. The van der Waals surface area contributed by atoms with Gasteiger partial charge in [0.25, 0.3) is 10.0 Å². The van der Waals surface area contributed by atoms with Gasteiger partial charge in [-0.05, 0) is 31.2 Å². The second kappa shape index (κ2) is 6.31. The first-order chi connectivity index (χ1) is 9.92. The number of nitrogen functional groups attached to an aromatic ring is 1. The van der Waals surface area contributed by atoms with Crippen LogP contribution in [0.25, 0.3) is 0 Å². The summed E-state index contributed by atoms with van der Waals surface area (Å²) in [5.41, 5.74) is 6.24. The summed E-state index contributed by atoms with van der Waals surface area (Å²) < 4.78 is 32.9. The standard InChI is InChI=1S/C13H14BrN3O3S/c1-2-20-13-6-4-10(8-16-13)17-21(18,19)12-5-3-9(14)7-11(12)15/h3-8,17H,2,15H2,1H3. The molecule has 1 aromatic heterocycles. The third-order valence-electron chi connectivity index (χ3n) is 2.54. The maximum absolute atomic E-state index is 12.3. The van der Waals surface area contributed by atoms with Gasteiger partial charge in [0.1, 0.15) is 4.90 Å². The first kappa shape index (κ1) is 15.6. The van der Waals surface area contributed by atoms with Crippen LogP contribution in [-0.4, -0.2) is 20.0 Å². The Morgan fingerprint density at radius 2 is 2.10 bits per heavy atom. The highest BCUT2D eigenvalue weighted by atomic mass is 79.9. The van der Waals surface area contributed by atoms with Crippen LogP contribution in [0.3, 0.4) is 0 Å². The van der Waals surface area contributed by atoms with Crippen molar-refractivity contribution in [2.45, 2.75) is 11.8 Å². The third-order valence-corrected chi connectivity index (χ3v) is 4.49. The number of aromatic nitrogens is 1. The second-order valence-corrected chi connectivity index (χ2v) is 6.67. The highest BCUT2D eigenvalue weighted by Gasteiger charge is 2.17. The van der Waals surface area contributed by atoms with Crippen LogP contribution < -0.4 is 15.2 Å². The van der Waals surface area contributed by atoms with Crippen LogP contribution in [-0.2, 0) is 10.0 Å². The number of rotatable bonds is 5. The summed E-state index contributed by atoms with van der Waals surface area (Å²) in [5.74, 6) is 0.434. The number of hydrogen-bond donors (Lipinski definition) is 2. The SMILES string of the molecule is CCOc1ccc(NS(=O)(=O)c2ccc(Br)cc2N)cn1. The molecule has 0 saturated heterocycles. The van der Waals surface area contributed by atoms with E-state index in [1.54, 1.807) is 18.2 Å². The summed E-state index contributed by atoms with van der Waals surface area (Å²) in [7, 11) is -3.76.